The van der Waals surface area contributed by atoms with Crippen molar-refractivity contribution in [2.24, 2.45) is 0 Å². The van der Waals surface area contributed by atoms with Crippen LogP contribution in [0.2, 0.25) is 0 Å². The van der Waals surface area contributed by atoms with Crippen molar-refractivity contribution in [2.45, 2.75) is 25.8 Å². The van der Waals surface area contributed by atoms with E-state index in [0.717, 1.165) is 19.4 Å². The van der Waals surface area contributed by atoms with Crippen molar-refractivity contribution in [1.82, 2.24) is 10.2 Å². The van der Waals surface area contributed by atoms with Gasteiger partial charge in [0.2, 0.25) is 5.91 Å². The molecule has 0 spiro atoms. The second kappa shape index (κ2) is 5.19. The first-order valence-corrected chi connectivity index (χ1v) is 4.92. The Kier molecular flexibility index (Phi) is 4.18. The number of rotatable bonds is 4. The first-order valence-electron chi connectivity index (χ1n) is 4.92. The van der Waals surface area contributed by atoms with E-state index in [1.54, 1.807) is 4.90 Å². The maximum atomic E-state index is 11.7. The zero-order valence-electron chi connectivity index (χ0n) is 8.12. The van der Waals surface area contributed by atoms with Gasteiger partial charge in [0, 0.05) is 13.1 Å². The van der Waals surface area contributed by atoms with Crippen LogP contribution in [0.5, 0.6) is 0 Å². The third-order valence-electron chi connectivity index (χ3n) is 2.42. The predicted molar refractivity (Wildman–Crippen MR) is 50.4 cm³/mol. The molecule has 0 aromatic rings. The molecular formula is C9H18N2O2. The van der Waals surface area contributed by atoms with Crippen molar-refractivity contribution in [2.75, 3.05) is 26.2 Å². The normalized spacial score (nSPS) is 21.8. The summed E-state index contributed by atoms with van der Waals surface area (Å²) in [4.78, 5) is 13.4. The highest BCUT2D eigenvalue weighted by atomic mass is 16.3. The van der Waals surface area contributed by atoms with Crippen LogP contribution in [0.3, 0.4) is 0 Å². The van der Waals surface area contributed by atoms with Crippen molar-refractivity contribution < 1.29 is 9.90 Å². The molecule has 2 N–H and O–H groups in total. The minimum absolute atomic E-state index is 0.00787. The third kappa shape index (κ3) is 2.67. The lowest BCUT2D eigenvalue weighted by Crippen LogP contribution is -2.44. The third-order valence-corrected chi connectivity index (χ3v) is 2.42. The Hall–Kier alpha value is -0.610. The molecule has 4 heteroatoms. The van der Waals surface area contributed by atoms with Gasteiger partial charge in [0.25, 0.3) is 0 Å². The molecule has 76 valence electrons. The summed E-state index contributed by atoms with van der Waals surface area (Å²) in [6.45, 7) is 4.05. The molecule has 1 amide bonds. The van der Waals surface area contributed by atoms with Crippen LogP contribution in [0.4, 0.5) is 0 Å². The van der Waals surface area contributed by atoms with Gasteiger partial charge in [0.1, 0.15) is 0 Å². The molecular weight excluding hydrogens is 168 g/mol. The standard InChI is InChI=1S/C9H18N2O2/c1-2-11(6-7-12)9(13)8-4-3-5-10-8/h8,10,12H,2-7H2,1H3. The number of amides is 1. The van der Waals surface area contributed by atoms with E-state index in [1.165, 1.54) is 0 Å². The number of aliphatic hydroxyl groups is 1. The van der Waals surface area contributed by atoms with Crippen LogP contribution in [0.15, 0.2) is 0 Å². The molecule has 1 aliphatic heterocycles. The van der Waals surface area contributed by atoms with Gasteiger partial charge >= 0.3 is 0 Å². The Labute approximate surface area is 78.9 Å². The highest BCUT2D eigenvalue weighted by Crippen LogP contribution is 2.08. The number of nitrogens with one attached hydrogen (secondary N) is 1. The molecule has 1 unspecified atom stereocenters. The molecule has 13 heavy (non-hydrogen) atoms. The van der Waals surface area contributed by atoms with E-state index in [2.05, 4.69) is 5.32 Å². The number of likely N-dealkylation sites (N-methyl/N-ethyl adjacent to an activating group) is 1. The lowest BCUT2D eigenvalue weighted by Gasteiger charge is -2.23. The summed E-state index contributed by atoms with van der Waals surface area (Å²) in [5, 5.41) is 11.9. The van der Waals surface area contributed by atoms with Gasteiger partial charge in [0.05, 0.1) is 12.6 Å². The average molecular weight is 186 g/mol. The fourth-order valence-corrected chi connectivity index (χ4v) is 1.66. The zero-order valence-corrected chi connectivity index (χ0v) is 8.12. The molecule has 1 atom stereocenters. The molecule has 1 rings (SSSR count). The number of carbonyl (C=O) groups is 1. The predicted octanol–water partition coefficient (Wildman–Crippen LogP) is -0.421. The van der Waals surface area contributed by atoms with Crippen molar-refractivity contribution in [3.8, 4) is 0 Å². The maximum absolute atomic E-state index is 11.7. The lowest BCUT2D eigenvalue weighted by atomic mass is 10.2. The zero-order chi connectivity index (χ0) is 9.68. The summed E-state index contributed by atoms with van der Waals surface area (Å²) in [7, 11) is 0. The number of aliphatic hydroxyl groups excluding tert-OH is 1. The summed E-state index contributed by atoms with van der Waals surface area (Å²) in [5.74, 6) is 0.133. The van der Waals surface area contributed by atoms with Crippen LogP contribution in [0.25, 0.3) is 0 Å². The summed E-state index contributed by atoms with van der Waals surface area (Å²) in [6.07, 6.45) is 2.01. The van der Waals surface area contributed by atoms with Gasteiger partial charge in [-0.1, -0.05) is 0 Å². The van der Waals surface area contributed by atoms with Crippen LogP contribution in [0.1, 0.15) is 19.8 Å². The molecule has 1 heterocycles. The van der Waals surface area contributed by atoms with Crippen LogP contribution < -0.4 is 5.32 Å². The molecule has 0 aliphatic carbocycles. The Morgan fingerprint density at radius 3 is 2.92 bits per heavy atom. The monoisotopic (exact) mass is 186 g/mol. The second-order valence-electron chi connectivity index (χ2n) is 3.29. The molecule has 0 saturated carbocycles. The summed E-state index contributed by atoms with van der Waals surface area (Å²) >= 11 is 0. The van der Waals surface area contributed by atoms with E-state index >= 15 is 0 Å². The van der Waals surface area contributed by atoms with Gasteiger partial charge in [-0.15, -0.1) is 0 Å². The second-order valence-corrected chi connectivity index (χ2v) is 3.29. The fourth-order valence-electron chi connectivity index (χ4n) is 1.66. The highest BCUT2D eigenvalue weighted by Gasteiger charge is 2.25. The summed E-state index contributed by atoms with van der Waals surface area (Å²) < 4.78 is 0. The van der Waals surface area contributed by atoms with Crippen LogP contribution >= 0.6 is 0 Å². The lowest BCUT2D eigenvalue weighted by molar-refractivity contribution is -0.133. The molecule has 0 bridgehead atoms. The first kappa shape index (κ1) is 10.5. The van der Waals surface area contributed by atoms with Crippen molar-refractivity contribution in [3.05, 3.63) is 0 Å². The minimum Gasteiger partial charge on any atom is -0.395 e. The molecule has 0 radical (unpaired) electrons. The van der Waals surface area contributed by atoms with Gasteiger partial charge < -0.3 is 15.3 Å². The molecule has 0 aromatic carbocycles. The van der Waals surface area contributed by atoms with E-state index in [0.29, 0.717) is 13.1 Å². The SMILES string of the molecule is CCN(CCO)C(=O)C1CCCN1. The van der Waals surface area contributed by atoms with Gasteiger partial charge in [-0.2, -0.15) is 0 Å². The van der Waals surface area contributed by atoms with Crippen LogP contribution in [0, 0.1) is 0 Å². The molecule has 0 aromatic heterocycles. The Balaban J connectivity index is 2.42. The average Bonchev–Trinajstić information content (AvgIpc) is 2.65. The van der Waals surface area contributed by atoms with E-state index in [-0.39, 0.29) is 18.6 Å². The Morgan fingerprint density at radius 1 is 1.69 bits per heavy atom. The van der Waals surface area contributed by atoms with E-state index < -0.39 is 0 Å². The molecule has 4 nitrogen and oxygen atoms in total. The van der Waals surface area contributed by atoms with E-state index in [1.807, 2.05) is 6.92 Å². The topological polar surface area (TPSA) is 52.6 Å². The van der Waals surface area contributed by atoms with Crippen LogP contribution in [-0.4, -0.2) is 48.2 Å². The highest BCUT2D eigenvalue weighted by molar-refractivity contribution is 5.82. The van der Waals surface area contributed by atoms with Crippen molar-refractivity contribution in [1.29, 1.82) is 0 Å². The number of hydrogen-bond acceptors (Lipinski definition) is 3. The number of carbonyl (C=O) groups excluding carboxylic acids is 1. The number of nitrogens with zero attached hydrogens (tertiary/aromatic N) is 1. The molecule has 1 saturated heterocycles. The van der Waals surface area contributed by atoms with E-state index in [9.17, 15) is 4.79 Å². The van der Waals surface area contributed by atoms with Gasteiger partial charge in [-0.25, -0.2) is 0 Å². The summed E-state index contributed by atoms with van der Waals surface area (Å²) in [6, 6.07) is -0.00787. The largest absolute Gasteiger partial charge is 0.395 e. The van der Waals surface area contributed by atoms with E-state index in [4.69, 9.17) is 5.11 Å². The number of hydrogen-bond donors (Lipinski definition) is 2. The van der Waals surface area contributed by atoms with Crippen molar-refractivity contribution in [3.63, 3.8) is 0 Å². The molecule has 1 aliphatic rings. The van der Waals surface area contributed by atoms with Gasteiger partial charge in [-0.05, 0) is 26.3 Å². The summed E-state index contributed by atoms with van der Waals surface area (Å²) in [5.41, 5.74) is 0. The van der Waals surface area contributed by atoms with Crippen LogP contribution in [-0.2, 0) is 4.79 Å². The maximum Gasteiger partial charge on any atom is 0.239 e. The fraction of sp³-hybridized carbons (Fsp3) is 0.889. The van der Waals surface area contributed by atoms with Gasteiger partial charge in [0.15, 0.2) is 0 Å². The smallest absolute Gasteiger partial charge is 0.239 e. The first-order chi connectivity index (χ1) is 6.29. The van der Waals surface area contributed by atoms with Crippen molar-refractivity contribution >= 4 is 5.91 Å². The molecule has 1 fully saturated rings. The Morgan fingerprint density at radius 2 is 2.46 bits per heavy atom. The minimum atomic E-state index is -0.00787. The Bertz CT molecular complexity index is 167. The van der Waals surface area contributed by atoms with Gasteiger partial charge in [-0.3, -0.25) is 4.79 Å². The quantitative estimate of drug-likeness (QED) is 0.627.